The van der Waals surface area contributed by atoms with Gasteiger partial charge in [0.25, 0.3) is 0 Å². The molecule has 4 heteroatoms. The van der Waals surface area contributed by atoms with Crippen LogP contribution in [0.4, 0.5) is 0 Å². The van der Waals surface area contributed by atoms with Crippen LogP contribution in [0, 0.1) is 11.8 Å². The summed E-state index contributed by atoms with van der Waals surface area (Å²) in [5, 5.41) is 18.0. The first-order valence-corrected chi connectivity index (χ1v) is 4.59. The molecule has 0 bridgehead atoms. The molecule has 1 heterocycles. The third-order valence-corrected chi connectivity index (χ3v) is 3.28. The van der Waals surface area contributed by atoms with Crippen LogP contribution in [0.2, 0.25) is 0 Å². The van der Waals surface area contributed by atoms with Gasteiger partial charge in [0, 0.05) is 18.2 Å². The first-order valence-electron chi connectivity index (χ1n) is 4.59. The topological polar surface area (TPSA) is 70.4 Å². The highest BCUT2D eigenvalue weighted by Gasteiger charge is 2.59. The Bertz CT molecular complexity index is 429. The molecule has 0 unspecified atom stereocenters. The average Bonchev–Trinajstić information content (AvgIpc) is 2.70. The number of carboxylic acid groups (broad SMARTS) is 1. The standard InChI is InChI=1S/C10H9NO3/c12-7-2-4-1-5-8(6(4)3-11-7)9(5)10(13)14/h2-3,5,8-9H,1H2,(H,11,12)(H,13,14)/t5-,8-,9+/m1/s1. The summed E-state index contributed by atoms with van der Waals surface area (Å²) in [6.45, 7) is 0. The van der Waals surface area contributed by atoms with Crippen LogP contribution in [-0.2, 0) is 11.2 Å². The van der Waals surface area contributed by atoms with Crippen molar-refractivity contribution in [3.05, 3.63) is 23.4 Å². The van der Waals surface area contributed by atoms with Crippen molar-refractivity contribution in [1.29, 1.82) is 0 Å². The number of pyridine rings is 1. The third-order valence-electron chi connectivity index (χ3n) is 3.28. The molecule has 0 radical (unpaired) electrons. The maximum Gasteiger partial charge on any atom is 0.307 e. The normalized spacial score (nSPS) is 32.1. The fourth-order valence-corrected chi connectivity index (χ4v) is 2.61. The molecule has 3 atom stereocenters. The zero-order chi connectivity index (χ0) is 9.87. The molecular formula is C10H9NO3. The summed E-state index contributed by atoms with van der Waals surface area (Å²) in [6.07, 6.45) is 2.38. The number of aliphatic carboxylic acids is 1. The number of aromatic nitrogens is 1. The Morgan fingerprint density at radius 2 is 2.36 bits per heavy atom. The molecule has 2 N–H and O–H groups in total. The molecule has 0 spiro atoms. The first kappa shape index (κ1) is 7.79. The summed E-state index contributed by atoms with van der Waals surface area (Å²) in [4.78, 5) is 14.6. The number of fused-ring (bicyclic) bond motifs is 3. The van der Waals surface area contributed by atoms with Gasteiger partial charge in [0.15, 0.2) is 0 Å². The smallest absolute Gasteiger partial charge is 0.307 e. The van der Waals surface area contributed by atoms with Crippen molar-refractivity contribution in [2.24, 2.45) is 11.8 Å². The molecule has 0 saturated heterocycles. The molecule has 0 aliphatic heterocycles. The van der Waals surface area contributed by atoms with Gasteiger partial charge in [-0.2, -0.15) is 0 Å². The average molecular weight is 191 g/mol. The summed E-state index contributed by atoms with van der Waals surface area (Å²) in [6, 6.07) is 1.64. The summed E-state index contributed by atoms with van der Waals surface area (Å²) < 4.78 is 0. The lowest BCUT2D eigenvalue weighted by Crippen LogP contribution is -2.05. The summed E-state index contributed by atoms with van der Waals surface area (Å²) in [7, 11) is 0. The van der Waals surface area contributed by atoms with E-state index in [9.17, 15) is 4.79 Å². The van der Waals surface area contributed by atoms with Gasteiger partial charge in [-0.25, -0.2) is 4.98 Å². The van der Waals surface area contributed by atoms with Gasteiger partial charge in [-0.1, -0.05) is 0 Å². The first-order chi connectivity index (χ1) is 6.68. The SMILES string of the molecule is O=C(O)[C@H]1[C@@H]2Cc3cc(O)ncc3[C@@H]21. The highest BCUT2D eigenvalue weighted by atomic mass is 16.4. The molecule has 2 aliphatic carbocycles. The van der Waals surface area contributed by atoms with E-state index in [4.69, 9.17) is 10.2 Å². The zero-order valence-corrected chi connectivity index (χ0v) is 7.34. The molecule has 1 saturated carbocycles. The molecule has 72 valence electrons. The van der Waals surface area contributed by atoms with Gasteiger partial charge in [0.1, 0.15) is 0 Å². The number of nitrogens with zero attached hydrogens (tertiary/aromatic N) is 1. The highest BCUT2D eigenvalue weighted by molar-refractivity contribution is 5.77. The van der Waals surface area contributed by atoms with Crippen LogP contribution >= 0.6 is 0 Å². The molecule has 14 heavy (non-hydrogen) atoms. The molecule has 0 amide bonds. The Kier molecular flexibility index (Phi) is 1.26. The van der Waals surface area contributed by atoms with Crippen molar-refractivity contribution in [3.8, 4) is 5.88 Å². The molecule has 2 aliphatic rings. The second-order valence-electron chi connectivity index (χ2n) is 4.00. The Hall–Kier alpha value is -1.58. The molecule has 1 aromatic rings. The lowest BCUT2D eigenvalue weighted by Gasteiger charge is -2.04. The Balaban J connectivity index is 1.99. The quantitative estimate of drug-likeness (QED) is 0.687. The van der Waals surface area contributed by atoms with E-state index < -0.39 is 5.97 Å². The second kappa shape index (κ2) is 2.26. The minimum Gasteiger partial charge on any atom is -0.493 e. The minimum atomic E-state index is -0.710. The van der Waals surface area contributed by atoms with E-state index in [0.717, 1.165) is 17.5 Å². The van der Waals surface area contributed by atoms with E-state index in [1.54, 1.807) is 12.3 Å². The van der Waals surface area contributed by atoms with Crippen LogP contribution in [0.3, 0.4) is 0 Å². The van der Waals surface area contributed by atoms with E-state index in [-0.39, 0.29) is 23.6 Å². The largest absolute Gasteiger partial charge is 0.493 e. The lowest BCUT2D eigenvalue weighted by atomic mass is 10.0. The number of carbonyl (C=O) groups is 1. The van der Waals surface area contributed by atoms with Crippen LogP contribution in [0.25, 0.3) is 0 Å². The van der Waals surface area contributed by atoms with Crippen LogP contribution in [0.5, 0.6) is 5.88 Å². The van der Waals surface area contributed by atoms with Crippen molar-refractivity contribution in [3.63, 3.8) is 0 Å². The van der Waals surface area contributed by atoms with Gasteiger partial charge < -0.3 is 10.2 Å². The summed E-state index contributed by atoms with van der Waals surface area (Å²) >= 11 is 0. The van der Waals surface area contributed by atoms with Gasteiger partial charge in [0.05, 0.1) is 5.92 Å². The molecule has 4 nitrogen and oxygen atoms in total. The van der Waals surface area contributed by atoms with E-state index in [1.165, 1.54) is 0 Å². The van der Waals surface area contributed by atoms with Gasteiger partial charge in [-0.05, 0) is 23.5 Å². The highest BCUT2D eigenvalue weighted by Crippen LogP contribution is 2.61. The summed E-state index contributed by atoms with van der Waals surface area (Å²) in [5.74, 6) is -0.508. The van der Waals surface area contributed by atoms with Gasteiger partial charge in [0.2, 0.25) is 5.88 Å². The molecule has 3 rings (SSSR count). The maximum absolute atomic E-state index is 10.8. The van der Waals surface area contributed by atoms with Crippen LogP contribution in [0.15, 0.2) is 12.3 Å². The van der Waals surface area contributed by atoms with Crippen LogP contribution in [0.1, 0.15) is 17.0 Å². The number of hydrogen-bond donors (Lipinski definition) is 2. The Labute approximate surface area is 80.2 Å². The van der Waals surface area contributed by atoms with E-state index in [0.29, 0.717) is 0 Å². The number of hydrogen-bond acceptors (Lipinski definition) is 3. The third kappa shape index (κ3) is 0.828. The van der Waals surface area contributed by atoms with Crippen molar-refractivity contribution >= 4 is 5.97 Å². The van der Waals surface area contributed by atoms with Crippen molar-refractivity contribution < 1.29 is 15.0 Å². The zero-order valence-electron chi connectivity index (χ0n) is 7.34. The summed E-state index contributed by atoms with van der Waals surface area (Å²) in [5.41, 5.74) is 2.07. The monoisotopic (exact) mass is 191 g/mol. The van der Waals surface area contributed by atoms with Crippen molar-refractivity contribution in [1.82, 2.24) is 4.98 Å². The van der Waals surface area contributed by atoms with Crippen molar-refractivity contribution in [2.75, 3.05) is 0 Å². The van der Waals surface area contributed by atoms with Crippen LogP contribution in [-0.4, -0.2) is 21.2 Å². The number of aromatic hydroxyl groups is 1. The van der Waals surface area contributed by atoms with E-state index in [2.05, 4.69) is 4.98 Å². The predicted molar refractivity (Wildman–Crippen MR) is 47.0 cm³/mol. The lowest BCUT2D eigenvalue weighted by molar-refractivity contribution is -0.139. The van der Waals surface area contributed by atoms with Gasteiger partial charge in [-0.15, -0.1) is 0 Å². The predicted octanol–water partition coefficient (Wildman–Crippen LogP) is 0.758. The fourth-order valence-electron chi connectivity index (χ4n) is 2.61. The Morgan fingerprint density at radius 1 is 1.57 bits per heavy atom. The molecule has 0 aromatic carbocycles. The van der Waals surface area contributed by atoms with Gasteiger partial charge >= 0.3 is 5.97 Å². The minimum absolute atomic E-state index is 0.0249. The fraction of sp³-hybridized carbons (Fsp3) is 0.400. The van der Waals surface area contributed by atoms with E-state index in [1.807, 2.05) is 0 Å². The van der Waals surface area contributed by atoms with Crippen molar-refractivity contribution in [2.45, 2.75) is 12.3 Å². The molecule has 1 aromatic heterocycles. The second-order valence-corrected chi connectivity index (χ2v) is 4.00. The number of carboxylic acids is 1. The number of rotatable bonds is 1. The van der Waals surface area contributed by atoms with E-state index >= 15 is 0 Å². The van der Waals surface area contributed by atoms with Gasteiger partial charge in [-0.3, -0.25) is 4.79 Å². The molecular weight excluding hydrogens is 182 g/mol. The van der Waals surface area contributed by atoms with Crippen LogP contribution < -0.4 is 0 Å². The molecule has 1 fully saturated rings. The Morgan fingerprint density at radius 3 is 3.07 bits per heavy atom. The maximum atomic E-state index is 10.8.